The van der Waals surface area contributed by atoms with Crippen LogP contribution in [0.25, 0.3) is 10.4 Å². The number of ether oxygens (including phenoxy) is 1. The van der Waals surface area contributed by atoms with E-state index >= 15 is 0 Å². The van der Waals surface area contributed by atoms with Gasteiger partial charge in [0.05, 0.1) is 12.1 Å². The third-order valence-corrected chi connectivity index (χ3v) is 17.4. The van der Waals surface area contributed by atoms with Gasteiger partial charge >= 0.3 is 6.09 Å². The second kappa shape index (κ2) is 16.9. The van der Waals surface area contributed by atoms with Crippen LogP contribution in [0.1, 0.15) is 85.8 Å². The first-order chi connectivity index (χ1) is 24.1. The summed E-state index contributed by atoms with van der Waals surface area (Å²) in [5.74, 6) is 0.205. The van der Waals surface area contributed by atoms with Crippen LogP contribution >= 0.6 is 0 Å². The van der Waals surface area contributed by atoms with E-state index in [0.29, 0.717) is 44.5 Å². The fourth-order valence-corrected chi connectivity index (χ4v) is 13.8. The fraction of sp³-hybridized carbons (Fsp3) is 0.537. The van der Waals surface area contributed by atoms with Gasteiger partial charge in [-0.3, -0.25) is 4.21 Å². The molecule has 1 fully saturated rings. The number of nitrogens with zero attached hydrogens (tertiary/aromatic N) is 4. The van der Waals surface area contributed by atoms with Crippen molar-refractivity contribution < 1.29 is 18.2 Å². The molecule has 3 aromatic carbocycles. The Bertz CT molecular complexity index is 1630. The Hall–Kier alpha value is -3.43. The molecule has 51 heavy (non-hydrogen) atoms. The van der Waals surface area contributed by atoms with Gasteiger partial charge in [-0.15, -0.1) is 0 Å². The van der Waals surface area contributed by atoms with Crippen molar-refractivity contribution >= 4 is 35.6 Å². The molecule has 0 radical (unpaired) electrons. The molecule has 1 saturated heterocycles. The zero-order valence-electron chi connectivity index (χ0n) is 32.1. The predicted octanol–water partition coefficient (Wildman–Crippen LogP) is 8.73. The molecule has 0 spiro atoms. The molecule has 3 aromatic rings. The molecule has 10 heteroatoms. The summed E-state index contributed by atoms with van der Waals surface area (Å²) in [7, 11) is -4.26. The standard InChI is InChI=1S/C41H58N4O4SSi/c1-10-36(49-51(40(6,7)8,34-22-13-11-14-23-34)35-24-15-12-16-25-35)41(9)37(45(38(46)48-41)27-18-17-26-43-44-42)33(30-50(47)39(3,4)5)29-32-21-19-20-31(2)28-32/h11-16,19-25,28,33,36-37H,10,17-18,26-27,29-30H2,1-9H3/t33-,36+,37+,41+,50+/m0/s1. The zero-order chi connectivity index (χ0) is 37.5. The lowest BCUT2D eigenvalue weighted by molar-refractivity contribution is -0.0625. The van der Waals surface area contributed by atoms with Gasteiger partial charge in [0, 0.05) is 39.3 Å². The monoisotopic (exact) mass is 730 g/mol. The maximum Gasteiger partial charge on any atom is 0.410 e. The van der Waals surface area contributed by atoms with E-state index in [2.05, 4.69) is 117 Å². The van der Waals surface area contributed by atoms with E-state index in [0.717, 1.165) is 21.5 Å². The molecule has 4 rings (SSSR count). The average Bonchev–Trinajstić information content (AvgIpc) is 3.33. The van der Waals surface area contributed by atoms with Crippen LogP contribution in [-0.2, 0) is 26.4 Å². The SMILES string of the molecule is CC[C@@H](O[Si](c1ccccc1)(c1ccccc1)C(C)(C)C)[C@@]1(C)OC(=O)N(CCCCN=[N+]=[N-])[C@@H]1[C@@H](Cc1cccc(C)c1)C[S@@](=O)C(C)(C)C. The van der Waals surface area contributed by atoms with E-state index in [9.17, 15) is 9.00 Å². The van der Waals surface area contributed by atoms with Gasteiger partial charge in [-0.05, 0) is 92.7 Å². The molecule has 0 unspecified atom stereocenters. The fourth-order valence-electron chi connectivity index (χ4n) is 7.81. The maximum absolute atomic E-state index is 14.2. The molecule has 1 aliphatic rings. The van der Waals surface area contributed by atoms with E-state index in [1.165, 1.54) is 0 Å². The Kier molecular flexibility index (Phi) is 13.4. The molecule has 0 N–H and O–H groups in total. The van der Waals surface area contributed by atoms with Crippen molar-refractivity contribution in [1.82, 2.24) is 4.90 Å². The Morgan fingerprint density at radius 3 is 2.10 bits per heavy atom. The number of azide groups is 1. The quantitative estimate of drug-likeness (QED) is 0.0483. The Balaban J connectivity index is 1.91. The molecule has 1 amide bonds. The van der Waals surface area contributed by atoms with Gasteiger partial charge in [-0.25, -0.2) is 4.79 Å². The summed E-state index contributed by atoms with van der Waals surface area (Å²) in [5, 5.41) is 5.75. The predicted molar refractivity (Wildman–Crippen MR) is 213 cm³/mol. The lowest BCUT2D eigenvalue weighted by Crippen LogP contribution is -2.70. The third kappa shape index (κ3) is 9.15. The van der Waals surface area contributed by atoms with Crippen molar-refractivity contribution in [3.63, 3.8) is 0 Å². The second-order valence-electron chi connectivity index (χ2n) is 16.1. The molecular weight excluding hydrogens is 673 g/mol. The summed E-state index contributed by atoms with van der Waals surface area (Å²) >= 11 is 0. The first-order valence-electron chi connectivity index (χ1n) is 18.3. The molecule has 276 valence electrons. The topological polar surface area (TPSA) is 105 Å². The number of hydrogen-bond donors (Lipinski definition) is 0. The van der Waals surface area contributed by atoms with Gasteiger partial charge in [0.25, 0.3) is 8.32 Å². The van der Waals surface area contributed by atoms with Gasteiger partial charge in [-0.1, -0.05) is 123 Å². The lowest BCUT2D eigenvalue weighted by Gasteiger charge is -2.49. The van der Waals surface area contributed by atoms with Crippen LogP contribution < -0.4 is 10.4 Å². The highest BCUT2D eigenvalue weighted by Gasteiger charge is 2.61. The van der Waals surface area contributed by atoms with E-state index < -0.39 is 41.6 Å². The van der Waals surface area contributed by atoms with Crippen molar-refractivity contribution in [1.29, 1.82) is 0 Å². The van der Waals surface area contributed by atoms with Crippen LogP contribution in [0, 0.1) is 12.8 Å². The molecule has 1 aliphatic heterocycles. The number of cyclic esters (lactones) is 1. The third-order valence-electron chi connectivity index (χ3n) is 10.3. The number of aryl methyl sites for hydroxylation is 1. The summed E-state index contributed by atoms with van der Waals surface area (Å²) in [6.07, 6.45) is 1.66. The Morgan fingerprint density at radius 2 is 1.59 bits per heavy atom. The van der Waals surface area contributed by atoms with E-state index in [4.69, 9.17) is 14.7 Å². The van der Waals surface area contributed by atoms with E-state index in [1.807, 2.05) is 44.7 Å². The lowest BCUT2D eigenvalue weighted by atomic mass is 9.79. The minimum absolute atomic E-state index is 0.197. The minimum Gasteiger partial charge on any atom is -0.438 e. The summed E-state index contributed by atoms with van der Waals surface area (Å²) < 4.78 is 28.1. The number of amides is 1. The van der Waals surface area contributed by atoms with Crippen molar-refractivity contribution in [3.8, 4) is 0 Å². The van der Waals surface area contributed by atoms with Gasteiger partial charge in [0.15, 0.2) is 5.60 Å². The van der Waals surface area contributed by atoms with Gasteiger partial charge in [0.2, 0.25) is 0 Å². The summed E-state index contributed by atoms with van der Waals surface area (Å²) in [6.45, 7) is 19.8. The largest absolute Gasteiger partial charge is 0.438 e. The smallest absolute Gasteiger partial charge is 0.410 e. The highest BCUT2D eigenvalue weighted by molar-refractivity contribution is 7.86. The maximum atomic E-state index is 14.2. The van der Waals surface area contributed by atoms with Crippen molar-refractivity contribution in [3.05, 3.63) is 106 Å². The number of carbonyl (C=O) groups excluding carboxylic acids is 1. The Labute approximate surface area is 309 Å². The molecule has 0 saturated carbocycles. The van der Waals surface area contributed by atoms with Crippen LogP contribution in [0.5, 0.6) is 0 Å². The number of carbonyl (C=O) groups is 1. The molecule has 0 aliphatic carbocycles. The molecule has 0 aromatic heterocycles. The Morgan fingerprint density at radius 1 is 0.980 bits per heavy atom. The van der Waals surface area contributed by atoms with Crippen LogP contribution in [0.15, 0.2) is 90.0 Å². The summed E-state index contributed by atoms with van der Waals surface area (Å²) in [5.41, 5.74) is 10.1. The molecule has 5 atom stereocenters. The van der Waals surface area contributed by atoms with E-state index in [-0.39, 0.29) is 17.0 Å². The normalized spacial score (nSPS) is 20.0. The highest BCUT2D eigenvalue weighted by Crippen LogP contribution is 2.45. The highest BCUT2D eigenvalue weighted by atomic mass is 32.2. The molecule has 0 bridgehead atoms. The summed E-state index contributed by atoms with van der Waals surface area (Å²) in [6, 6.07) is 29.1. The van der Waals surface area contributed by atoms with Crippen molar-refractivity contribution in [2.45, 2.75) is 116 Å². The van der Waals surface area contributed by atoms with Crippen LogP contribution in [0.3, 0.4) is 0 Å². The van der Waals surface area contributed by atoms with Crippen LogP contribution in [0.4, 0.5) is 4.79 Å². The van der Waals surface area contributed by atoms with Crippen molar-refractivity contribution in [2.75, 3.05) is 18.8 Å². The zero-order valence-corrected chi connectivity index (χ0v) is 33.9. The first-order valence-corrected chi connectivity index (χ1v) is 21.5. The van der Waals surface area contributed by atoms with Crippen molar-refractivity contribution in [2.24, 2.45) is 11.0 Å². The van der Waals surface area contributed by atoms with Crippen LogP contribution in [0.2, 0.25) is 5.04 Å². The molecule has 8 nitrogen and oxygen atoms in total. The molecule has 1 heterocycles. The number of benzene rings is 3. The number of hydrogen-bond acceptors (Lipinski definition) is 5. The number of unbranched alkanes of at least 4 members (excludes halogenated alkanes) is 1. The first kappa shape index (κ1) is 40.3. The van der Waals surface area contributed by atoms with Gasteiger partial charge in [0.1, 0.15) is 0 Å². The summed E-state index contributed by atoms with van der Waals surface area (Å²) in [4.78, 5) is 19.0. The van der Waals surface area contributed by atoms with E-state index in [1.54, 1.807) is 0 Å². The molecular formula is C41H58N4O4SSi. The second-order valence-corrected chi connectivity index (χ2v) is 22.6. The average molecular weight is 731 g/mol. The van der Waals surface area contributed by atoms with Gasteiger partial charge < -0.3 is 14.1 Å². The van der Waals surface area contributed by atoms with Gasteiger partial charge in [-0.2, -0.15) is 0 Å². The van der Waals surface area contributed by atoms with Crippen LogP contribution in [-0.4, -0.2) is 64.9 Å². The number of rotatable bonds is 16. The minimum atomic E-state index is -3.06.